The Morgan fingerprint density at radius 3 is 2.71 bits per heavy atom. The van der Waals surface area contributed by atoms with Crippen molar-refractivity contribution in [3.8, 4) is 5.75 Å². The zero-order chi connectivity index (χ0) is 10.7. The van der Waals surface area contributed by atoms with E-state index in [1.165, 1.54) is 13.2 Å². The molecule has 76 valence electrons. The Labute approximate surface area is 90.6 Å². The summed E-state index contributed by atoms with van der Waals surface area (Å²) in [5.41, 5.74) is 0.167. The number of rotatable bonds is 3. The summed E-state index contributed by atoms with van der Waals surface area (Å²) in [7, 11) is 1.31. The summed E-state index contributed by atoms with van der Waals surface area (Å²) in [5, 5.41) is 0.0361. The van der Waals surface area contributed by atoms with E-state index in [9.17, 15) is 9.18 Å². The minimum atomic E-state index is -0.608. The van der Waals surface area contributed by atoms with Gasteiger partial charge in [0.25, 0.3) is 0 Å². The molecular formula is C9H7Cl2FO2. The summed E-state index contributed by atoms with van der Waals surface area (Å²) >= 11 is 11.0. The first kappa shape index (κ1) is 11.3. The molecule has 0 spiro atoms. The summed E-state index contributed by atoms with van der Waals surface area (Å²) in [6.07, 6.45) is 0. The minimum absolute atomic E-state index is 0.0251. The molecule has 0 N–H and O–H groups in total. The minimum Gasteiger partial charge on any atom is -0.494 e. The van der Waals surface area contributed by atoms with E-state index in [2.05, 4.69) is 0 Å². The molecule has 0 aliphatic heterocycles. The molecule has 0 saturated carbocycles. The Balaban J connectivity index is 3.24. The van der Waals surface area contributed by atoms with E-state index >= 15 is 0 Å². The number of Topliss-reactive ketones (excluding diaryl/α,β-unsaturated/α-hetero) is 1. The van der Waals surface area contributed by atoms with Gasteiger partial charge >= 0.3 is 0 Å². The zero-order valence-electron chi connectivity index (χ0n) is 7.31. The van der Waals surface area contributed by atoms with E-state index in [4.69, 9.17) is 27.9 Å². The fourth-order valence-electron chi connectivity index (χ4n) is 0.971. The monoisotopic (exact) mass is 236 g/mol. The molecule has 0 aliphatic carbocycles. The van der Waals surface area contributed by atoms with Gasteiger partial charge in [-0.05, 0) is 12.1 Å². The SMILES string of the molecule is COc1cc(C(=O)CCl)c(Cl)cc1F. The van der Waals surface area contributed by atoms with E-state index in [0.717, 1.165) is 6.07 Å². The molecule has 14 heavy (non-hydrogen) atoms. The van der Waals surface area contributed by atoms with Crippen molar-refractivity contribution >= 4 is 29.0 Å². The van der Waals surface area contributed by atoms with Crippen molar-refractivity contribution in [3.63, 3.8) is 0 Å². The van der Waals surface area contributed by atoms with Gasteiger partial charge in [0.2, 0.25) is 0 Å². The van der Waals surface area contributed by atoms with Crippen molar-refractivity contribution in [1.29, 1.82) is 0 Å². The first-order valence-corrected chi connectivity index (χ1v) is 4.63. The van der Waals surface area contributed by atoms with Crippen LogP contribution in [-0.2, 0) is 0 Å². The van der Waals surface area contributed by atoms with Crippen LogP contribution in [0, 0.1) is 5.82 Å². The van der Waals surface area contributed by atoms with Gasteiger partial charge in [-0.3, -0.25) is 4.79 Å². The van der Waals surface area contributed by atoms with Crippen molar-refractivity contribution in [2.45, 2.75) is 0 Å². The number of carbonyl (C=O) groups excluding carboxylic acids is 1. The highest BCUT2D eigenvalue weighted by atomic mass is 35.5. The molecule has 1 aromatic rings. The second-order valence-electron chi connectivity index (χ2n) is 2.52. The molecule has 0 unspecified atom stereocenters. The number of ether oxygens (including phenoxy) is 1. The average Bonchev–Trinajstić information content (AvgIpc) is 2.17. The fraction of sp³-hybridized carbons (Fsp3) is 0.222. The van der Waals surface area contributed by atoms with Crippen LogP contribution in [0.3, 0.4) is 0 Å². The molecule has 0 aromatic heterocycles. The normalized spacial score (nSPS) is 10.0. The topological polar surface area (TPSA) is 26.3 Å². The first-order valence-electron chi connectivity index (χ1n) is 3.72. The van der Waals surface area contributed by atoms with Gasteiger partial charge in [0, 0.05) is 5.56 Å². The largest absolute Gasteiger partial charge is 0.494 e. The summed E-state index contributed by atoms with van der Waals surface area (Å²) in [6, 6.07) is 2.27. The quantitative estimate of drug-likeness (QED) is 0.596. The molecule has 0 amide bonds. The van der Waals surface area contributed by atoms with Gasteiger partial charge in [0.15, 0.2) is 17.3 Å². The molecular weight excluding hydrogens is 230 g/mol. The molecule has 2 nitrogen and oxygen atoms in total. The maximum Gasteiger partial charge on any atom is 0.179 e. The fourth-order valence-corrected chi connectivity index (χ4v) is 1.37. The second-order valence-corrected chi connectivity index (χ2v) is 3.20. The van der Waals surface area contributed by atoms with Gasteiger partial charge in [-0.2, -0.15) is 0 Å². The molecule has 0 atom stereocenters. The molecule has 0 fully saturated rings. The Hall–Kier alpha value is -0.800. The summed E-state index contributed by atoms with van der Waals surface area (Å²) in [4.78, 5) is 11.2. The number of hydrogen-bond acceptors (Lipinski definition) is 2. The molecule has 1 rings (SSSR count). The number of methoxy groups -OCH3 is 1. The summed E-state index contributed by atoms with van der Waals surface area (Å²) in [6.45, 7) is 0. The Morgan fingerprint density at radius 2 is 2.21 bits per heavy atom. The van der Waals surface area contributed by atoms with Crippen molar-refractivity contribution < 1.29 is 13.9 Å². The second kappa shape index (κ2) is 4.62. The highest BCUT2D eigenvalue weighted by Crippen LogP contribution is 2.26. The van der Waals surface area contributed by atoms with Gasteiger partial charge in [-0.1, -0.05) is 11.6 Å². The van der Waals surface area contributed by atoms with Crippen molar-refractivity contribution in [2.24, 2.45) is 0 Å². The van der Waals surface area contributed by atoms with Crippen LogP contribution in [0.2, 0.25) is 5.02 Å². The van der Waals surface area contributed by atoms with Crippen LogP contribution >= 0.6 is 23.2 Å². The number of halogens is 3. The van der Waals surface area contributed by atoms with Crippen molar-refractivity contribution in [2.75, 3.05) is 13.0 Å². The standard InChI is InChI=1S/C9H7Cl2FO2/c1-14-9-2-5(8(13)4-10)6(11)3-7(9)12/h2-3H,4H2,1H3. The van der Waals surface area contributed by atoms with Crippen LogP contribution in [0.4, 0.5) is 4.39 Å². The van der Waals surface area contributed by atoms with Crippen LogP contribution in [0.5, 0.6) is 5.75 Å². The smallest absolute Gasteiger partial charge is 0.179 e. The molecule has 1 aromatic carbocycles. The van der Waals surface area contributed by atoms with Crippen molar-refractivity contribution in [1.82, 2.24) is 0 Å². The van der Waals surface area contributed by atoms with Crippen molar-refractivity contribution in [3.05, 3.63) is 28.5 Å². The number of benzene rings is 1. The average molecular weight is 237 g/mol. The zero-order valence-corrected chi connectivity index (χ0v) is 8.82. The number of hydrogen-bond donors (Lipinski definition) is 0. The van der Waals surface area contributed by atoms with Crippen LogP contribution in [0.25, 0.3) is 0 Å². The van der Waals surface area contributed by atoms with Crippen LogP contribution in [0.1, 0.15) is 10.4 Å². The number of ketones is 1. The molecule has 0 aliphatic rings. The third-order valence-electron chi connectivity index (χ3n) is 1.66. The lowest BCUT2D eigenvalue weighted by Crippen LogP contribution is -2.02. The van der Waals surface area contributed by atoms with Gasteiger partial charge in [0.05, 0.1) is 18.0 Å². The molecule has 0 bridgehead atoms. The highest BCUT2D eigenvalue weighted by molar-refractivity contribution is 6.37. The Kier molecular flexibility index (Phi) is 3.72. The van der Waals surface area contributed by atoms with Gasteiger partial charge in [-0.15, -0.1) is 11.6 Å². The maximum absolute atomic E-state index is 13.0. The first-order chi connectivity index (χ1) is 6.60. The molecule has 5 heteroatoms. The highest BCUT2D eigenvalue weighted by Gasteiger charge is 2.14. The Bertz CT molecular complexity index is 366. The van der Waals surface area contributed by atoms with Crippen LogP contribution < -0.4 is 4.74 Å². The lowest BCUT2D eigenvalue weighted by Gasteiger charge is -2.05. The number of alkyl halides is 1. The van der Waals surface area contributed by atoms with E-state index in [1.807, 2.05) is 0 Å². The maximum atomic E-state index is 13.0. The van der Waals surface area contributed by atoms with E-state index in [1.54, 1.807) is 0 Å². The summed E-state index contributed by atoms with van der Waals surface area (Å²) < 4.78 is 17.8. The Morgan fingerprint density at radius 1 is 1.57 bits per heavy atom. The molecule has 0 heterocycles. The third-order valence-corrected chi connectivity index (χ3v) is 2.22. The predicted molar refractivity (Wildman–Crippen MR) is 53.0 cm³/mol. The predicted octanol–water partition coefficient (Wildman–Crippen LogP) is 2.91. The lowest BCUT2D eigenvalue weighted by atomic mass is 10.1. The van der Waals surface area contributed by atoms with E-state index < -0.39 is 5.82 Å². The van der Waals surface area contributed by atoms with E-state index in [-0.39, 0.29) is 28.0 Å². The molecule has 0 radical (unpaired) electrons. The van der Waals surface area contributed by atoms with Gasteiger partial charge < -0.3 is 4.74 Å². The molecule has 0 saturated heterocycles. The third kappa shape index (κ3) is 2.16. The lowest BCUT2D eigenvalue weighted by molar-refractivity contribution is 0.102. The summed E-state index contributed by atoms with van der Waals surface area (Å²) in [5.74, 6) is -1.20. The number of carbonyl (C=O) groups is 1. The van der Waals surface area contributed by atoms with Crippen LogP contribution in [0.15, 0.2) is 12.1 Å². The van der Waals surface area contributed by atoms with Gasteiger partial charge in [-0.25, -0.2) is 4.39 Å². The van der Waals surface area contributed by atoms with E-state index in [0.29, 0.717) is 0 Å². The van der Waals surface area contributed by atoms with Gasteiger partial charge in [0.1, 0.15) is 0 Å². The van der Waals surface area contributed by atoms with Crippen LogP contribution in [-0.4, -0.2) is 18.8 Å².